The number of hydrogen-bond donors (Lipinski definition) is 0. The van der Waals surface area contributed by atoms with Gasteiger partial charge in [0.25, 0.3) is 10.1 Å². The Hall–Kier alpha value is -0.910. The van der Waals surface area contributed by atoms with E-state index in [1.807, 2.05) is 32.8 Å². The molecule has 0 bridgehead atoms. The third-order valence-corrected chi connectivity index (χ3v) is 4.29. The van der Waals surface area contributed by atoms with E-state index in [1.54, 1.807) is 24.3 Å². The van der Waals surface area contributed by atoms with Crippen LogP contribution in [0.25, 0.3) is 0 Å². The van der Waals surface area contributed by atoms with Gasteiger partial charge >= 0.3 is 0 Å². The molecule has 0 fully saturated rings. The lowest BCUT2D eigenvalue weighted by Crippen LogP contribution is -2.26. The van der Waals surface area contributed by atoms with Crippen molar-refractivity contribution >= 4 is 10.1 Å². The van der Waals surface area contributed by atoms with Crippen LogP contribution in [0.1, 0.15) is 18.9 Å². The minimum Gasteiger partial charge on any atom is -0.307 e. The molecule has 18 heavy (non-hydrogen) atoms. The fraction of sp³-hybridized carbons (Fsp3) is 0.538. The molecular weight excluding hydrogens is 250 g/mol. The molecule has 1 rings (SSSR count). The van der Waals surface area contributed by atoms with Crippen LogP contribution in [0.15, 0.2) is 29.2 Å². The van der Waals surface area contributed by atoms with Crippen molar-refractivity contribution < 1.29 is 12.6 Å². The minimum absolute atomic E-state index is 0.204. The zero-order valence-electron chi connectivity index (χ0n) is 11.4. The van der Waals surface area contributed by atoms with Crippen LogP contribution in [0.3, 0.4) is 0 Å². The van der Waals surface area contributed by atoms with Crippen LogP contribution in [-0.4, -0.2) is 40.1 Å². The monoisotopic (exact) mass is 271 g/mol. The highest BCUT2D eigenvalue weighted by Crippen LogP contribution is 2.14. The zero-order valence-corrected chi connectivity index (χ0v) is 12.2. The predicted octanol–water partition coefficient (Wildman–Crippen LogP) is 2.04. The molecule has 0 heterocycles. The molecule has 5 heteroatoms. The third kappa shape index (κ3) is 4.40. The normalized spacial score (nSPS) is 13.8. The minimum atomic E-state index is -3.62. The van der Waals surface area contributed by atoms with Gasteiger partial charge in [0.15, 0.2) is 0 Å². The van der Waals surface area contributed by atoms with Crippen molar-refractivity contribution in [2.75, 3.05) is 20.7 Å². The van der Waals surface area contributed by atoms with Gasteiger partial charge in [0, 0.05) is 6.04 Å². The van der Waals surface area contributed by atoms with E-state index < -0.39 is 10.1 Å². The fourth-order valence-corrected chi connectivity index (χ4v) is 2.28. The summed E-state index contributed by atoms with van der Waals surface area (Å²) in [5.41, 5.74) is 1.02. The van der Waals surface area contributed by atoms with Crippen LogP contribution in [0, 0.1) is 6.92 Å². The molecule has 102 valence electrons. The Balaban J connectivity index is 2.58. The Morgan fingerprint density at radius 2 is 1.78 bits per heavy atom. The van der Waals surface area contributed by atoms with E-state index in [-0.39, 0.29) is 11.5 Å². The maximum atomic E-state index is 11.9. The highest BCUT2D eigenvalue weighted by molar-refractivity contribution is 7.86. The second-order valence-corrected chi connectivity index (χ2v) is 6.31. The molecule has 0 amide bonds. The van der Waals surface area contributed by atoms with E-state index in [9.17, 15) is 8.42 Å². The van der Waals surface area contributed by atoms with E-state index in [2.05, 4.69) is 0 Å². The Morgan fingerprint density at radius 3 is 2.28 bits per heavy atom. The van der Waals surface area contributed by atoms with Gasteiger partial charge in [0.1, 0.15) is 0 Å². The lowest BCUT2D eigenvalue weighted by Gasteiger charge is -2.19. The Morgan fingerprint density at radius 1 is 1.22 bits per heavy atom. The van der Waals surface area contributed by atoms with Crippen molar-refractivity contribution in [2.24, 2.45) is 0 Å². The Bertz CT molecular complexity index is 466. The van der Waals surface area contributed by atoms with Crippen LogP contribution in [-0.2, 0) is 14.3 Å². The molecular formula is C13H21NO3S. The first-order valence-corrected chi connectivity index (χ1v) is 7.36. The van der Waals surface area contributed by atoms with Gasteiger partial charge in [-0.25, -0.2) is 0 Å². The van der Waals surface area contributed by atoms with Crippen molar-refractivity contribution in [1.29, 1.82) is 0 Å². The molecule has 0 saturated heterocycles. The van der Waals surface area contributed by atoms with E-state index >= 15 is 0 Å². The van der Waals surface area contributed by atoms with Crippen LogP contribution in [0.4, 0.5) is 0 Å². The van der Waals surface area contributed by atoms with Gasteiger partial charge in [-0.3, -0.25) is 4.18 Å². The lowest BCUT2D eigenvalue weighted by atomic mass is 10.2. The van der Waals surface area contributed by atoms with E-state index in [1.165, 1.54) is 0 Å². The third-order valence-electron chi connectivity index (χ3n) is 2.97. The van der Waals surface area contributed by atoms with E-state index in [0.717, 1.165) is 5.56 Å². The summed E-state index contributed by atoms with van der Waals surface area (Å²) < 4.78 is 28.7. The van der Waals surface area contributed by atoms with Crippen LogP contribution in [0.2, 0.25) is 0 Å². The molecule has 1 atom stereocenters. The van der Waals surface area contributed by atoms with E-state index in [0.29, 0.717) is 12.5 Å². The molecule has 0 aliphatic rings. The molecule has 0 N–H and O–H groups in total. The van der Waals surface area contributed by atoms with Gasteiger partial charge < -0.3 is 4.90 Å². The Labute approximate surface area is 110 Å². The summed E-state index contributed by atoms with van der Waals surface area (Å²) in [5.74, 6) is 0. The average Bonchev–Trinajstić information content (AvgIpc) is 2.29. The maximum Gasteiger partial charge on any atom is 0.296 e. The summed E-state index contributed by atoms with van der Waals surface area (Å²) in [5, 5.41) is 0. The summed E-state index contributed by atoms with van der Waals surface area (Å²) in [6.45, 7) is 4.15. The number of hydrogen-bond acceptors (Lipinski definition) is 4. The molecule has 0 spiro atoms. The number of rotatable bonds is 6. The first kappa shape index (κ1) is 15.1. The molecule has 0 aliphatic carbocycles. The number of aryl methyl sites for hydroxylation is 1. The summed E-state index contributed by atoms with van der Waals surface area (Å²) in [6, 6.07) is 6.95. The topological polar surface area (TPSA) is 46.6 Å². The molecule has 0 radical (unpaired) electrons. The second kappa shape index (κ2) is 6.31. The lowest BCUT2D eigenvalue weighted by molar-refractivity contribution is 0.237. The van der Waals surface area contributed by atoms with Gasteiger partial charge in [0.05, 0.1) is 11.5 Å². The van der Waals surface area contributed by atoms with Crippen molar-refractivity contribution in [1.82, 2.24) is 4.90 Å². The van der Waals surface area contributed by atoms with Gasteiger partial charge in [-0.2, -0.15) is 8.42 Å². The van der Waals surface area contributed by atoms with E-state index in [4.69, 9.17) is 4.18 Å². The van der Waals surface area contributed by atoms with Crippen molar-refractivity contribution in [3.05, 3.63) is 29.8 Å². The van der Waals surface area contributed by atoms with Crippen molar-refractivity contribution in [2.45, 2.75) is 31.2 Å². The molecule has 1 aromatic carbocycles. The highest BCUT2D eigenvalue weighted by atomic mass is 32.2. The summed E-state index contributed by atoms with van der Waals surface area (Å²) >= 11 is 0. The predicted molar refractivity (Wildman–Crippen MR) is 72.1 cm³/mol. The second-order valence-electron chi connectivity index (χ2n) is 4.69. The quantitative estimate of drug-likeness (QED) is 0.743. The first-order chi connectivity index (χ1) is 8.33. The molecule has 1 aromatic rings. The number of benzene rings is 1. The van der Waals surface area contributed by atoms with Gasteiger partial charge in [0.2, 0.25) is 0 Å². The molecule has 4 nitrogen and oxygen atoms in total. The van der Waals surface area contributed by atoms with Crippen LogP contribution < -0.4 is 0 Å². The largest absolute Gasteiger partial charge is 0.307 e. The standard InChI is InChI=1S/C13H21NO3S/c1-11-5-7-13(8-6-11)18(15,16)17-10-9-12(2)14(3)4/h5-8,12H,9-10H2,1-4H3. The number of nitrogens with zero attached hydrogens (tertiary/aromatic N) is 1. The van der Waals surface area contributed by atoms with Crippen molar-refractivity contribution in [3.63, 3.8) is 0 Å². The van der Waals surface area contributed by atoms with Gasteiger partial charge in [-0.05, 0) is 46.5 Å². The fourth-order valence-electron chi connectivity index (χ4n) is 1.36. The SMILES string of the molecule is Cc1ccc(S(=O)(=O)OCCC(C)N(C)C)cc1. The first-order valence-electron chi connectivity index (χ1n) is 5.95. The smallest absolute Gasteiger partial charge is 0.296 e. The zero-order chi connectivity index (χ0) is 13.8. The molecule has 0 saturated carbocycles. The van der Waals surface area contributed by atoms with Gasteiger partial charge in [-0.1, -0.05) is 17.7 Å². The molecule has 1 unspecified atom stereocenters. The van der Waals surface area contributed by atoms with Crippen LogP contribution >= 0.6 is 0 Å². The maximum absolute atomic E-state index is 11.9. The Kier molecular flexibility index (Phi) is 5.31. The summed E-state index contributed by atoms with van der Waals surface area (Å²) in [6.07, 6.45) is 0.679. The van der Waals surface area contributed by atoms with Crippen molar-refractivity contribution in [3.8, 4) is 0 Å². The summed E-state index contributed by atoms with van der Waals surface area (Å²) in [4.78, 5) is 2.24. The van der Waals surface area contributed by atoms with Gasteiger partial charge in [-0.15, -0.1) is 0 Å². The molecule has 0 aliphatic heterocycles. The molecule has 0 aromatic heterocycles. The summed E-state index contributed by atoms with van der Waals surface area (Å²) in [7, 11) is 0.298. The average molecular weight is 271 g/mol. The highest BCUT2D eigenvalue weighted by Gasteiger charge is 2.15. The van der Waals surface area contributed by atoms with Crippen LogP contribution in [0.5, 0.6) is 0 Å².